The topological polar surface area (TPSA) is 96.4 Å². The van der Waals surface area contributed by atoms with Gasteiger partial charge in [-0.15, -0.1) is 11.3 Å². The van der Waals surface area contributed by atoms with E-state index in [2.05, 4.69) is 9.71 Å². The van der Waals surface area contributed by atoms with Gasteiger partial charge in [0.25, 0.3) is 0 Å². The second kappa shape index (κ2) is 4.87. The molecule has 0 aliphatic carbocycles. The standard InChI is InChI=1S/C11H12N2O4S2/c1-6(11(14)15)13-19(16,17)8-3-4-9-10(5-8)18-7(2)12-9/h3-6,13H,1-2H3,(H,14,15)/t6-/m1/s1. The monoisotopic (exact) mass is 300 g/mol. The van der Waals surface area contributed by atoms with Gasteiger partial charge in [0.05, 0.1) is 20.1 Å². The van der Waals surface area contributed by atoms with Crippen LogP contribution in [0, 0.1) is 6.92 Å². The molecule has 0 saturated carbocycles. The SMILES string of the molecule is Cc1nc2ccc(S(=O)(=O)N[C@H](C)C(=O)O)cc2s1. The molecule has 0 amide bonds. The van der Waals surface area contributed by atoms with Crippen molar-refractivity contribution in [2.45, 2.75) is 24.8 Å². The number of aromatic nitrogens is 1. The number of rotatable bonds is 4. The molecule has 2 N–H and O–H groups in total. The molecule has 8 heteroatoms. The summed E-state index contributed by atoms with van der Waals surface area (Å²) in [6, 6.07) is 3.35. The zero-order valence-electron chi connectivity index (χ0n) is 10.2. The molecule has 102 valence electrons. The van der Waals surface area contributed by atoms with Crippen LogP contribution in [0.5, 0.6) is 0 Å². The number of sulfonamides is 1. The number of carbonyl (C=O) groups is 1. The number of carboxylic acid groups (broad SMARTS) is 1. The third-order valence-corrected chi connectivity index (χ3v) is 4.95. The summed E-state index contributed by atoms with van der Waals surface area (Å²) in [5.74, 6) is -1.22. The van der Waals surface area contributed by atoms with E-state index in [4.69, 9.17) is 5.11 Å². The zero-order chi connectivity index (χ0) is 14.2. The lowest BCUT2D eigenvalue weighted by Crippen LogP contribution is -2.38. The number of hydrogen-bond donors (Lipinski definition) is 2. The van der Waals surface area contributed by atoms with Crippen LogP contribution in [0.25, 0.3) is 10.2 Å². The molecule has 0 spiro atoms. The molecule has 2 aromatic rings. The molecule has 0 aliphatic rings. The Morgan fingerprint density at radius 3 is 2.79 bits per heavy atom. The second-order valence-electron chi connectivity index (χ2n) is 4.04. The number of carboxylic acids is 1. The van der Waals surface area contributed by atoms with Crippen LogP contribution in [-0.2, 0) is 14.8 Å². The van der Waals surface area contributed by atoms with Gasteiger partial charge in [-0.2, -0.15) is 4.72 Å². The Morgan fingerprint density at radius 1 is 1.47 bits per heavy atom. The normalized spacial score (nSPS) is 13.6. The molecule has 0 fully saturated rings. The number of aliphatic carboxylic acids is 1. The number of nitrogens with zero attached hydrogens (tertiary/aromatic N) is 1. The van der Waals surface area contributed by atoms with E-state index in [1.54, 1.807) is 6.07 Å². The Labute approximate surface area is 114 Å². The molecule has 0 radical (unpaired) electrons. The maximum absolute atomic E-state index is 12.0. The minimum Gasteiger partial charge on any atom is -0.480 e. The van der Waals surface area contributed by atoms with Gasteiger partial charge in [0.15, 0.2) is 0 Å². The van der Waals surface area contributed by atoms with Crippen LogP contribution < -0.4 is 4.72 Å². The van der Waals surface area contributed by atoms with Crippen molar-refractivity contribution in [2.75, 3.05) is 0 Å². The van der Waals surface area contributed by atoms with Crippen LogP contribution in [0.4, 0.5) is 0 Å². The number of fused-ring (bicyclic) bond motifs is 1. The number of benzene rings is 1. The Bertz CT molecular complexity index is 736. The van der Waals surface area contributed by atoms with Gasteiger partial charge in [0, 0.05) is 0 Å². The van der Waals surface area contributed by atoms with Gasteiger partial charge in [-0.05, 0) is 32.0 Å². The van der Waals surface area contributed by atoms with Crippen LogP contribution >= 0.6 is 11.3 Å². The van der Waals surface area contributed by atoms with E-state index in [0.29, 0.717) is 0 Å². The van der Waals surface area contributed by atoms with Crippen LogP contribution in [0.2, 0.25) is 0 Å². The number of aryl methyl sites for hydroxylation is 1. The van der Waals surface area contributed by atoms with E-state index in [9.17, 15) is 13.2 Å². The van der Waals surface area contributed by atoms with Crippen molar-refractivity contribution in [1.29, 1.82) is 0 Å². The fourth-order valence-electron chi connectivity index (χ4n) is 1.54. The lowest BCUT2D eigenvalue weighted by molar-refractivity contribution is -0.138. The van der Waals surface area contributed by atoms with Gasteiger partial charge in [-0.25, -0.2) is 13.4 Å². The third kappa shape index (κ3) is 2.91. The molecule has 0 aliphatic heterocycles. The minimum absolute atomic E-state index is 0.0387. The maximum Gasteiger partial charge on any atom is 0.321 e. The molecule has 19 heavy (non-hydrogen) atoms. The zero-order valence-corrected chi connectivity index (χ0v) is 11.9. The van der Waals surface area contributed by atoms with Crippen LogP contribution in [0.1, 0.15) is 11.9 Å². The molecule has 0 bridgehead atoms. The largest absolute Gasteiger partial charge is 0.480 e. The van der Waals surface area contributed by atoms with Crippen molar-refractivity contribution < 1.29 is 18.3 Å². The number of hydrogen-bond acceptors (Lipinski definition) is 5. The van der Waals surface area contributed by atoms with Crippen LogP contribution in [-0.4, -0.2) is 30.5 Å². The van der Waals surface area contributed by atoms with Crippen molar-refractivity contribution in [3.8, 4) is 0 Å². The Morgan fingerprint density at radius 2 is 2.16 bits per heavy atom. The second-order valence-corrected chi connectivity index (χ2v) is 6.99. The van der Waals surface area contributed by atoms with Gasteiger partial charge in [-0.1, -0.05) is 0 Å². The first-order valence-corrected chi connectivity index (χ1v) is 7.72. The first-order chi connectivity index (χ1) is 8.79. The summed E-state index contributed by atoms with van der Waals surface area (Å²) < 4.78 is 26.9. The molecule has 0 unspecified atom stereocenters. The Hall–Kier alpha value is -1.51. The molecule has 2 rings (SSSR count). The van der Waals surface area contributed by atoms with E-state index in [1.807, 2.05) is 6.92 Å². The molecule has 1 atom stereocenters. The first kappa shape index (κ1) is 13.9. The summed E-state index contributed by atoms with van der Waals surface area (Å²) in [6.07, 6.45) is 0. The highest BCUT2D eigenvalue weighted by Gasteiger charge is 2.21. The fraction of sp³-hybridized carbons (Fsp3) is 0.273. The predicted octanol–water partition coefficient (Wildman–Crippen LogP) is 1.36. The summed E-state index contributed by atoms with van der Waals surface area (Å²) in [6.45, 7) is 3.11. The predicted molar refractivity (Wildman–Crippen MR) is 71.8 cm³/mol. The number of nitrogens with one attached hydrogen (secondary N) is 1. The van der Waals surface area contributed by atoms with E-state index >= 15 is 0 Å². The van der Waals surface area contributed by atoms with Crippen molar-refractivity contribution >= 4 is 37.5 Å². The fourth-order valence-corrected chi connectivity index (χ4v) is 3.70. The Balaban J connectivity index is 2.39. The highest BCUT2D eigenvalue weighted by atomic mass is 32.2. The highest BCUT2D eigenvalue weighted by Crippen LogP contribution is 2.24. The number of thiazole rings is 1. The van der Waals surface area contributed by atoms with E-state index in [1.165, 1.54) is 30.4 Å². The van der Waals surface area contributed by atoms with Crippen LogP contribution in [0.15, 0.2) is 23.1 Å². The maximum atomic E-state index is 12.0. The molecule has 1 aromatic heterocycles. The minimum atomic E-state index is -3.84. The van der Waals surface area contributed by atoms with Gasteiger partial charge in [-0.3, -0.25) is 4.79 Å². The molecular formula is C11H12N2O4S2. The van der Waals surface area contributed by atoms with Gasteiger partial charge < -0.3 is 5.11 Å². The van der Waals surface area contributed by atoms with Gasteiger partial charge in [0.1, 0.15) is 6.04 Å². The van der Waals surface area contributed by atoms with Crippen LogP contribution in [0.3, 0.4) is 0 Å². The molecule has 0 saturated heterocycles. The quantitative estimate of drug-likeness (QED) is 0.888. The van der Waals surface area contributed by atoms with Crippen molar-refractivity contribution in [3.63, 3.8) is 0 Å². The molecular weight excluding hydrogens is 288 g/mol. The molecule has 1 aromatic carbocycles. The summed E-state index contributed by atoms with van der Waals surface area (Å²) in [5, 5.41) is 9.58. The van der Waals surface area contributed by atoms with E-state index in [0.717, 1.165) is 15.2 Å². The smallest absolute Gasteiger partial charge is 0.321 e. The van der Waals surface area contributed by atoms with Crippen molar-refractivity contribution in [2.24, 2.45) is 0 Å². The van der Waals surface area contributed by atoms with Gasteiger partial charge >= 0.3 is 5.97 Å². The highest BCUT2D eigenvalue weighted by molar-refractivity contribution is 7.89. The summed E-state index contributed by atoms with van der Waals surface area (Å²) in [5.41, 5.74) is 0.729. The summed E-state index contributed by atoms with van der Waals surface area (Å²) >= 11 is 1.39. The third-order valence-electron chi connectivity index (χ3n) is 2.48. The average molecular weight is 300 g/mol. The van der Waals surface area contributed by atoms with Crippen molar-refractivity contribution in [1.82, 2.24) is 9.71 Å². The molecule has 1 heterocycles. The summed E-state index contributed by atoms with van der Waals surface area (Å²) in [7, 11) is -3.84. The summed E-state index contributed by atoms with van der Waals surface area (Å²) in [4.78, 5) is 15.0. The van der Waals surface area contributed by atoms with E-state index < -0.39 is 22.0 Å². The average Bonchev–Trinajstić information content (AvgIpc) is 2.67. The van der Waals surface area contributed by atoms with E-state index in [-0.39, 0.29) is 4.90 Å². The van der Waals surface area contributed by atoms with Gasteiger partial charge in [0.2, 0.25) is 10.0 Å². The first-order valence-electron chi connectivity index (χ1n) is 5.42. The molecule has 6 nitrogen and oxygen atoms in total. The Kier molecular flexibility index (Phi) is 3.57. The lowest BCUT2D eigenvalue weighted by atomic mass is 10.3. The van der Waals surface area contributed by atoms with Crippen molar-refractivity contribution in [3.05, 3.63) is 23.2 Å². The lowest BCUT2D eigenvalue weighted by Gasteiger charge is -2.09.